The number of carbonyl (C=O) groups is 2. The average Bonchev–Trinajstić information content (AvgIpc) is 3.50. The first kappa shape index (κ1) is 23.9. The number of nitrogens with one attached hydrogen (secondary N) is 1. The van der Waals surface area contributed by atoms with Crippen molar-refractivity contribution in [1.29, 1.82) is 0 Å². The topological polar surface area (TPSA) is 109 Å². The molecule has 1 saturated heterocycles. The van der Waals surface area contributed by atoms with Gasteiger partial charge in [0.15, 0.2) is 5.56 Å². The lowest BCUT2D eigenvalue weighted by Crippen LogP contribution is -2.42. The number of aromatic nitrogens is 3. The molecule has 0 atom stereocenters. The first-order chi connectivity index (χ1) is 16.0. The number of amides is 2. The van der Waals surface area contributed by atoms with Gasteiger partial charge in [0.05, 0.1) is 5.69 Å². The van der Waals surface area contributed by atoms with Gasteiger partial charge < -0.3 is 15.3 Å². The van der Waals surface area contributed by atoms with Crippen molar-refractivity contribution < 1.29 is 23.5 Å². The minimum Gasteiger partial charge on any atom is -0.492 e. The van der Waals surface area contributed by atoms with E-state index in [1.807, 2.05) is 13.8 Å². The highest BCUT2D eigenvalue weighted by molar-refractivity contribution is 5.97. The molecule has 2 aliphatic rings. The van der Waals surface area contributed by atoms with E-state index in [0.29, 0.717) is 11.3 Å². The molecule has 184 valence electrons. The Morgan fingerprint density at radius 3 is 2.50 bits per heavy atom. The zero-order chi connectivity index (χ0) is 24.8. The van der Waals surface area contributed by atoms with Gasteiger partial charge >= 0.3 is 0 Å². The zero-order valence-electron chi connectivity index (χ0n) is 19.5. The van der Waals surface area contributed by atoms with E-state index >= 15 is 0 Å². The van der Waals surface area contributed by atoms with Gasteiger partial charge in [0.2, 0.25) is 11.8 Å². The summed E-state index contributed by atoms with van der Waals surface area (Å²) in [5.74, 6) is -4.35. The highest BCUT2D eigenvalue weighted by Gasteiger charge is 2.35. The number of aromatic hydroxyl groups is 1. The summed E-state index contributed by atoms with van der Waals surface area (Å²) in [6.45, 7) is 5.66. The third-order valence-electron chi connectivity index (χ3n) is 6.11. The van der Waals surface area contributed by atoms with Crippen molar-refractivity contribution >= 4 is 23.5 Å². The number of aryl methyl sites for hydroxylation is 1. The Morgan fingerprint density at radius 2 is 1.91 bits per heavy atom. The molecule has 4 rings (SSSR count). The Morgan fingerprint density at radius 1 is 1.26 bits per heavy atom. The molecule has 2 aromatic heterocycles. The lowest BCUT2D eigenvalue weighted by Gasteiger charge is -2.30. The summed E-state index contributed by atoms with van der Waals surface area (Å²) in [5, 5.41) is 17.9. The quantitative estimate of drug-likeness (QED) is 0.621. The summed E-state index contributed by atoms with van der Waals surface area (Å²) in [6, 6.07) is -0.000790. The van der Waals surface area contributed by atoms with Crippen LogP contribution in [0.2, 0.25) is 0 Å². The molecule has 1 aliphatic heterocycles. The number of halogens is 2. The van der Waals surface area contributed by atoms with Crippen LogP contribution in [0.1, 0.15) is 61.1 Å². The van der Waals surface area contributed by atoms with Gasteiger partial charge in [0.1, 0.15) is 5.65 Å². The number of carbonyl (C=O) groups excluding carboxylic acids is 2. The summed E-state index contributed by atoms with van der Waals surface area (Å²) < 4.78 is 29.4. The molecule has 1 aliphatic carbocycles. The number of fused-ring (bicyclic) bond motifs is 1. The Balaban J connectivity index is 1.75. The fourth-order valence-corrected chi connectivity index (χ4v) is 4.10. The number of piperidine rings is 1. The molecule has 1 saturated carbocycles. The maximum absolute atomic E-state index is 13.4. The monoisotopic (exact) mass is 477 g/mol. The minimum atomic E-state index is -2.76. The van der Waals surface area contributed by atoms with Crippen molar-refractivity contribution in [3.8, 4) is 5.88 Å². The van der Waals surface area contributed by atoms with Gasteiger partial charge in [-0.2, -0.15) is 9.61 Å². The Bertz CT molecular complexity index is 1220. The van der Waals surface area contributed by atoms with E-state index in [1.54, 1.807) is 6.92 Å². The number of hydrogen-bond acceptors (Lipinski definition) is 5. The summed E-state index contributed by atoms with van der Waals surface area (Å²) in [7, 11) is 0. The third-order valence-corrected chi connectivity index (χ3v) is 6.11. The second-order valence-electron chi connectivity index (χ2n) is 9.51. The van der Waals surface area contributed by atoms with Crippen molar-refractivity contribution in [2.24, 2.45) is 5.92 Å². The Labute approximate surface area is 195 Å². The molecule has 0 aromatic carbocycles. The first-order valence-corrected chi connectivity index (χ1v) is 11.5. The molecule has 2 amide bonds. The van der Waals surface area contributed by atoms with Crippen LogP contribution in [0, 0.1) is 12.8 Å². The van der Waals surface area contributed by atoms with Gasteiger partial charge in [-0.1, -0.05) is 13.8 Å². The maximum atomic E-state index is 13.4. The van der Waals surface area contributed by atoms with Crippen LogP contribution in [-0.2, 0) is 11.3 Å². The number of hydrogen-bond donors (Lipinski definition) is 2. The fraction of sp³-hybridized carbons (Fsp3) is 0.565. The first-order valence-electron chi connectivity index (χ1n) is 11.5. The largest absolute Gasteiger partial charge is 0.492 e. The summed E-state index contributed by atoms with van der Waals surface area (Å²) in [6.07, 6.45) is 3.64. The Hall–Kier alpha value is -3.24. The summed E-state index contributed by atoms with van der Waals surface area (Å²) in [5.41, 5.74) is 0.101. The zero-order valence-corrected chi connectivity index (χ0v) is 19.5. The molecule has 2 aromatic rings. The predicted molar refractivity (Wildman–Crippen MR) is 121 cm³/mol. The van der Waals surface area contributed by atoms with E-state index in [1.165, 1.54) is 21.6 Å². The molecule has 2 fully saturated rings. The van der Waals surface area contributed by atoms with Crippen molar-refractivity contribution in [2.45, 2.75) is 65.0 Å². The van der Waals surface area contributed by atoms with Crippen molar-refractivity contribution in [1.82, 2.24) is 24.4 Å². The molecular weight excluding hydrogens is 448 g/mol. The van der Waals surface area contributed by atoms with E-state index in [9.17, 15) is 28.3 Å². The van der Waals surface area contributed by atoms with E-state index in [2.05, 4.69) is 10.4 Å². The van der Waals surface area contributed by atoms with Crippen molar-refractivity contribution in [2.75, 3.05) is 13.1 Å². The second-order valence-corrected chi connectivity index (χ2v) is 9.51. The van der Waals surface area contributed by atoms with Crippen LogP contribution in [0.4, 0.5) is 8.78 Å². The smallest absolute Gasteiger partial charge is 0.270 e. The molecule has 0 bridgehead atoms. The Kier molecular flexibility index (Phi) is 6.22. The molecule has 9 nitrogen and oxygen atoms in total. The molecule has 11 heteroatoms. The average molecular weight is 478 g/mol. The van der Waals surface area contributed by atoms with Crippen molar-refractivity contribution in [3.63, 3.8) is 0 Å². The van der Waals surface area contributed by atoms with Gasteiger partial charge in [-0.25, -0.2) is 8.78 Å². The number of rotatable bonds is 6. The number of nitrogens with zero attached hydrogens (tertiary/aromatic N) is 4. The summed E-state index contributed by atoms with van der Waals surface area (Å²) in [4.78, 5) is 40.0. The molecule has 0 unspecified atom stereocenters. The second kappa shape index (κ2) is 8.84. The van der Waals surface area contributed by atoms with E-state index < -0.39 is 29.2 Å². The molecule has 0 spiro atoms. The standard InChI is InChI=1S/C23H29F2N5O4/c1-13(2)12-29-20-16(6-7-17(31)28-10-8-23(24,25)9-11-28)14(3)27-30(20)22(34)18(21(29)33)19(32)26-15-4-5-15/h6-7,13,15,34H,4-5,8-12H2,1-3H3,(H,26,32). The fourth-order valence-electron chi connectivity index (χ4n) is 4.10. The van der Waals surface area contributed by atoms with Crippen LogP contribution in [0.25, 0.3) is 11.7 Å². The third kappa shape index (κ3) is 4.69. The molecule has 2 N–H and O–H groups in total. The SMILES string of the molecule is Cc1nn2c(O)c(C(=O)NC3CC3)c(=O)n(CC(C)C)c2c1C=CC(=O)N1CCC(F)(F)CC1. The van der Waals surface area contributed by atoms with Gasteiger partial charge in [-0.15, -0.1) is 0 Å². The van der Waals surface area contributed by atoms with Gasteiger partial charge in [-0.05, 0) is 31.8 Å². The molecule has 0 radical (unpaired) electrons. The van der Waals surface area contributed by atoms with Crippen LogP contribution < -0.4 is 10.9 Å². The lowest BCUT2D eigenvalue weighted by atomic mass is 10.1. The van der Waals surface area contributed by atoms with Crippen LogP contribution >= 0.6 is 0 Å². The molecule has 34 heavy (non-hydrogen) atoms. The van der Waals surface area contributed by atoms with E-state index in [0.717, 1.165) is 17.4 Å². The highest BCUT2D eigenvalue weighted by atomic mass is 19.3. The van der Waals surface area contributed by atoms with Gasteiger partial charge in [0.25, 0.3) is 17.4 Å². The number of likely N-dealkylation sites (tertiary alicyclic amines) is 1. The van der Waals surface area contributed by atoms with Gasteiger partial charge in [0, 0.05) is 50.2 Å². The van der Waals surface area contributed by atoms with E-state index in [-0.39, 0.29) is 55.6 Å². The normalized spacial score (nSPS) is 18.2. The van der Waals surface area contributed by atoms with Crippen LogP contribution in [0.15, 0.2) is 10.9 Å². The van der Waals surface area contributed by atoms with Crippen LogP contribution in [0.3, 0.4) is 0 Å². The highest BCUT2D eigenvalue weighted by Crippen LogP contribution is 2.28. The van der Waals surface area contributed by atoms with E-state index in [4.69, 9.17) is 0 Å². The van der Waals surface area contributed by atoms with Crippen LogP contribution in [0.5, 0.6) is 5.88 Å². The maximum Gasteiger partial charge on any atom is 0.270 e. The lowest BCUT2D eigenvalue weighted by molar-refractivity contribution is -0.132. The predicted octanol–water partition coefficient (Wildman–Crippen LogP) is 2.33. The molecular formula is C23H29F2N5O4. The summed E-state index contributed by atoms with van der Waals surface area (Å²) >= 11 is 0. The van der Waals surface area contributed by atoms with Crippen LogP contribution in [-0.4, -0.2) is 61.1 Å². The van der Waals surface area contributed by atoms with Gasteiger partial charge in [-0.3, -0.25) is 19.0 Å². The number of alkyl halides is 2. The molecule has 3 heterocycles. The van der Waals surface area contributed by atoms with Crippen molar-refractivity contribution in [3.05, 3.63) is 33.3 Å². The minimum absolute atomic E-state index is 0.000790.